The average Bonchev–Trinajstić information content (AvgIpc) is 2.42. The van der Waals surface area contributed by atoms with Gasteiger partial charge in [0.2, 0.25) is 0 Å². The summed E-state index contributed by atoms with van der Waals surface area (Å²) in [5.41, 5.74) is 2.27. The van der Waals surface area contributed by atoms with Gasteiger partial charge in [0.25, 0.3) is 5.56 Å². The molecule has 1 aliphatic heterocycles. The third-order valence-electron chi connectivity index (χ3n) is 2.89. The fraction of sp³-hybridized carbons (Fsp3) is 0.727. The Morgan fingerprint density at radius 1 is 1.47 bits per heavy atom. The third-order valence-corrected chi connectivity index (χ3v) is 2.89. The molecule has 1 aromatic heterocycles. The van der Waals surface area contributed by atoms with E-state index in [1.807, 2.05) is 4.68 Å². The SMILES string of the molecule is CC(C)Cn1[nH]c(=O)c2c1CCN(C)C2. The Bertz CT molecular complexity index is 402. The van der Waals surface area contributed by atoms with Gasteiger partial charge in [-0.1, -0.05) is 13.8 Å². The van der Waals surface area contributed by atoms with Crippen LogP contribution in [-0.2, 0) is 19.5 Å². The lowest BCUT2D eigenvalue weighted by atomic mass is 10.1. The van der Waals surface area contributed by atoms with Gasteiger partial charge in [0.15, 0.2) is 0 Å². The van der Waals surface area contributed by atoms with Gasteiger partial charge >= 0.3 is 0 Å². The molecular weight excluding hydrogens is 190 g/mol. The topological polar surface area (TPSA) is 41.0 Å². The molecule has 0 spiro atoms. The van der Waals surface area contributed by atoms with Crippen LogP contribution in [0.4, 0.5) is 0 Å². The number of hydrogen-bond acceptors (Lipinski definition) is 2. The highest BCUT2D eigenvalue weighted by molar-refractivity contribution is 5.20. The molecule has 0 bridgehead atoms. The van der Waals surface area contributed by atoms with Crippen molar-refractivity contribution in [2.24, 2.45) is 5.92 Å². The summed E-state index contributed by atoms with van der Waals surface area (Å²) in [5, 5.41) is 2.94. The first-order valence-corrected chi connectivity index (χ1v) is 5.57. The number of aromatic amines is 1. The van der Waals surface area contributed by atoms with Gasteiger partial charge in [-0.15, -0.1) is 0 Å². The maximum atomic E-state index is 11.7. The first-order valence-electron chi connectivity index (χ1n) is 5.57. The Labute approximate surface area is 89.9 Å². The molecule has 0 saturated heterocycles. The summed E-state index contributed by atoms with van der Waals surface area (Å²) in [6.45, 7) is 7.08. The Morgan fingerprint density at radius 2 is 2.20 bits per heavy atom. The Kier molecular flexibility index (Phi) is 2.69. The zero-order chi connectivity index (χ0) is 11.0. The summed E-state index contributed by atoms with van der Waals surface area (Å²) < 4.78 is 2.04. The van der Waals surface area contributed by atoms with Crippen molar-refractivity contribution in [2.45, 2.75) is 33.4 Å². The standard InChI is InChI=1S/C11H19N3O/c1-8(2)6-14-10-4-5-13(3)7-9(10)11(15)12-14/h8H,4-7H2,1-3H3,(H,12,15). The molecule has 0 aliphatic carbocycles. The van der Waals surface area contributed by atoms with Crippen LogP contribution < -0.4 is 5.56 Å². The van der Waals surface area contributed by atoms with Crippen LogP contribution in [0.2, 0.25) is 0 Å². The maximum Gasteiger partial charge on any atom is 0.268 e. The van der Waals surface area contributed by atoms with Crippen molar-refractivity contribution >= 4 is 0 Å². The highest BCUT2D eigenvalue weighted by Crippen LogP contribution is 2.15. The minimum atomic E-state index is 0.0946. The van der Waals surface area contributed by atoms with Crippen molar-refractivity contribution in [3.8, 4) is 0 Å². The summed E-state index contributed by atoms with van der Waals surface area (Å²) in [6.07, 6.45) is 0.983. The van der Waals surface area contributed by atoms with E-state index in [-0.39, 0.29) is 5.56 Å². The largest absolute Gasteiger partial charge is 0.301 e. The highest BCUT2D eigenvalue weighted by Gasteiger charge is 2.21. The second kappa shape index (κ2) is 3.85. The van der Waals surface area contributed by atoms with Crippen LogP contribution in [0.1, 0.15) is 25.1 Å². The van der Waals surface area contributed by atoms with Crippen molar-refractivity contribution in [3.05, 3.63) is 21.6 Å². The molecule has 4 nitrogen and oxygen atoms in total. The van der Waals surface area contributed by atoms with E-state index in [4.69, 9.17) is 0 Å². The molecule has 0 aromatic carbocycles. The molecule has 0 radical (unpaired) electrons. The number of nitrogens with zero attached hydrogens (tertiary/aromatic N) is 2. The molecule has 0 unspecified atom stereocenters. The number of likely N-dealkylation sites (N-methyl/N-ethyl adjacent to an activating group) is 1. The van der Waals surface area contributed by atoms with Gasteiger partial charge in [-0.2, -0.15) is 0 Å². The smallest absolute Gasteiger partial charge is 0.268 e. The molecular formula is C11H19N3O. The average molecular weight is 209 g/mol. The minimum Gasteiger partial charge on any atom is -0.301 e. The Hall–Kier alpha value is -1.03. The van der Waals surface area contributed by atoms with Gasteiger partial charge < -0.3 is 4.90 Å². The number of hydrogen-bond donors (Lipinski definition) is 1. The quantitative estimate of drug-likeness (QED) is 0.783. The molecule has 1 aliphatic rings. The van der Waals surface area contributed by atoms with Gasteiger partial charge in [-0.05, 0) is 13.0 Å². The number of aromatic nitrogens is 2. The summed E-state index contributed by atoms with van der Waals surface area (Å²) >= 11 is 0. The number of nitrogens with one attached hydrogen (secondary N) is 1. The van der Waals surface area contributed by atoms with Crippen LogP contribution in [0, 0.1) is 5.92 Å². The molecule has 1 N–H and O–H groups in total. The first kappa shape index (κ1) is 10.5. The second-order valence-corrected chi connectivity index (χ2v) is 4.86. The van der Waals surface area contributed by atoms with Crippen LogP contribution in [-0.4, -0.2) is 28.3 Å². The van der Waals surface area contributed by atoms with Crippen LogP contribution in [0.15, 0.2) is 4.79 Å². The highest BCUT2D eigenvalue weighted by atomic mass is 16.1. The predicted molar refractivity (Wildman–Crippen MR) is 59.9 cm³/mol. The Morgan fingerprint density at radius 3 is 2.87 bits per heavy atom. The van der Waals surface area contributed by atoms with E-state index in [0.29, 0.717) is 5.92 Å². The molecule has 2 heterocycles. The van der Waals surface area contributed by atoms with Gasteiger partial charge in [0.1, 0.15) is 0 Å². The van der Waals surface area contributed by atoms with E-state index >= 15 is 0 Å². The van der Waals surface area contributed by atoms with Gasteiger partial charge in [0, 0.05) is 31.7 Å². The van der Waals surface area contributed by atoms with E-state index in [9.17, 15) is 4.79 Å². The first-order chi connectivity index (χ1) is 7.08. The fourth-order valence-corrected chi connectivity index (χ4v) is 2.17. The third kappa shape index (κ3) is 2.00. The normalized spacial score (nSPS) is 17.1. The molecule has 0 fully saturated rings. The number of H-pyrrole nitrogens is 1. The van der Waals surface area contributed by atoms with Crippen LogP contribution in [0.25, 0.3) is 0 Å². The monoisotopic (exact) mass is 209 g/mol. The van der Waals surface area contributed by atoms with Crippen molar-refractivity contribution in [1.82, 2.24) is 14.7 Å². The molecule has 84 valence electrons. The number of fused-ring (bicyclic) bond motifs is 1. The summed E-state index contributed by atoms with van der Waals surface area (Å²) in [4.78, 5) is 13.9. The minimum absolute atomic E-state index is 0.0946. The van der Waals surface area contributed by atoms with Crippen LogP contribution in [0.3, 0.4) is 0 Å². The van der Waals surface area contributed by atoms with E-state index in [1.54, 1.807) is 0 Å². The molecule has 1 aromatic rings. The maximum absolute atomic E-state index is 11.7. The second-order valence-electron chi connectivity index (χ2n) is 4.86. The summed E-state index contributed by atoms with van der Waals surface area (Å²) in [7, 11) is 2.06. The predicted octanol–water partition coefficient (Wildman–Crippen LogP) is 0.820. The van der Waals surface area contributed by atoms with Crippen LogP contribution in [0.5, 0.6) is 0 Å². The lowest BCUT2D eigenvalue weighted by molar-refractivity contribution is 0.305. The fourth-order valence-electron chi connectivity index (χ4n) is 2.17. The zero-order valence-electron chi connectivity index (χ0n) is 9.71. The molecule has 4 heteroatoms. The van der Waals surface area contributed by atoms with E-state index in [0.717, 1.165) is 31.6 Å². The molecule has 2 rings (SSSR count). The Balaban J connectivity index is 2.35. The summed E-state index contributed by atoms with van der Waals surface area (Å²) in [5.74, 6) is 0.566. The van der Waals surface area contributed by atoms with Gasteiger partial charge in [-0.3, -0.25) is 14.6 Å². The van der Waals surface area contributed by atoms with E-state index in [1.165, 1.54) is 5.69 Å². The van der Waals surface area contributed by atoms with Crippen molar-refractivity contribution in [3.63, 3.8) is 0 Å². The van der Waals surface area contributed by atoms with E-state index < -0.39 is 0 Å². The van der Waals surface area contributed by atoms with Gasteiger partial charge in [0.05, 0.1) is 5.56 Å². The van der Waals surface area contributed by atoms with Crippen molar-refractivity contribution in [1.29, 1.82) is 0 Å². The van der Waals surface area contributed by atoms with Gasteiger partial charge in [-0.25, -0.2) is 0 Å². The zero-order valence-corrected chi connectivity index (χ0v) is 9.71. The van der Waals surface area contributed by atoms with Crippen LogP contribution >= 0.6 is 0 Å². The lowest BCUT2D eigenvalue weighted by Crippen LogP contribution is -2.29. The van der Waals surface area contributed by atoms with E-state index in [2.05, 4.69) is 30.9 Å². The van der Waals surface area contributed by atoms with Crippen molar-refractivity contribution < 1.29 is 0 Å². The molecule has 0 amide bonds. The molecule has 0 saturated carbocycles. The summed E-state index contributed by atoms with van der Waals surface area (Å²) in [6, 6.07) is 0. The lowest BCUT2D eigenvalue weighted by Gasteiger charge is -2.23. The molecule has 15 heavy (non-hydrogen) atoms. The molecule has 0 atom stereocenters. The van der Waals surface area contributed by atoms with Crippen molar-refractivity contribution in [2.75, 3.05) is 13.6 Å². The number of rotatable bonds is 2.